The van der Waals surface area contributed by atoms with Crippen molar-refractivity contribution < 1.29 is 9.59 Å². The Morgan fingerprint density at radius 2 is 1.26 bits per heavy atom. The Morgan fingerprint density at radius 1 is 0.783 bits per heavy atom. The number of aryl methyl sites for hydroxylation is 1. The summed E-state index contributed by atoms with van der Waals surface area (Å²) in [6.07, 6.45) is 0. The van der Waals surface area contributed by atoms with Gasteiger partial charge in [0, 0.05) is 17.9 Å². The highest BCUT2D eigenvalue weighted by atomic mass is 79.9. The number of carbonyl (C=O) groups is 2. The second-order valence-electron chi connectivity index (χ2n) is 5.17. The van der Waals surface area contributed by atoms with Gasteiger partial charge in [-0.2, -0.15) is 0 Å². The number of imide groups is 1. The number of hydrogen-bond donors (Lipinski definition) is 0. The maximum Gasteiger partial charge on any atom is 0.267 e. The fourth-order valence-corrected chi connectivity index (χ4v) is 5.00. The van der Waals surface area contributed by atoms with Gasteiger partial charge in [-0.05, 0) is 94.8 Å². The van der Waals surface area contributed by atoms with Gasteiger partial charge in [-0.1, -0.05) is 12.1 Å². The summed E-state index contributed by atoms with van der Waals surface area (Å²) in [5.74, 6) is -0.668. The first-order valence-electron chi connectivity index (χ1n) is 6.58. The lowest BCUT2D eigenvalue weighted by Gasteiger charge is -2.17. The molecule has 0 unspecified atom stereocenters. The van der Waals surface area contributed by atoms with Gasteiger partial charge < -0.3 is 0 Å². The second kappa shape index (κ2) is 6.10. The molecule has 1 heterocycles. The minimum atomic E-state index is -0.334. The highest BCUT2D eigenvalue weighted by Crippen LogP contribution is 2.46. The molecular formula is C16H9Br4NO2. The first-order chi connectivity index (χ1) is 10.8. The van der Waals surface area contributed by atoms with E-state index in [1.807, 2.05) is 26.0 Å². The molecule has 1 aliphatic heterocycles. The van der Waals surface area contributed by atoms with E-state index in [-0.39, 0.29) is 11.8 Å². The minimum absolute atomic E-state index is 0.334. The van der Waals surface area contributed by atoms with Gasteiger partial charge in [-0.15, -0.1) is 0 Å². The molecule has 0 radical (unpaired) electrons. The molecule has 1 aliphatic rings. The number of hydrogen-bond acceptors (Lipinski definition) is 2. The predicted molar refractivity (Wildman–Crippen MR) is 104 cm³/mol. The fraction of sp³-hybridized carbons (Fsp3) is 0.125. The number of benzene rings is 2. The molecule has 0 aliphatic carbocycles. The van der Waals surface area contributed by atoms with Gasteiger partial charge >= 0.3 is 0 Å². The van der Waals surface area contributed by atoms with Crippen LogP contribution in [-0.2, 0) is 0 Å². The molecule has 3 nitrogen and oxygen atoms in total. The smallest absolute Gasteiger partial charge is 0.267 e. The number of nitrogens with zero attached hydrogens (tertiary/aromatic N) is 1. The monoisotopic (exact) mass is 563 g/mol. The lowest BCUT2D eigenvalue weighted by atomic mass is 10.1. The lowest BCUT2D eigenvalue weighted by Crippen LogP contribution is -2.30. The van der Waals surface area contributed by atoms with Crippen molar-refractivity contribution in [3.8, 4) is 0 Å². The Morgan fingerprint density at radius 3 is 1.74 bits per heavy atom. The first-order valence-corrected chi connectivity index (χ1v) is 9.75. The van der Waals surface area contributed by atoms with Crippen LogP contribution in [0.15, 0.2) is 36.1 Å². The van der Waals surface area contributed by atoms with Gasteiger partial charge in [0.15, 0.2) is 0 Å². The SMILES string of the molecule is Cc1cccc(N2C(=O)c3c(Br)c(Br)c(Br)c(Br)c3C2=O)c1C. The molecule has 0 aromatic heterocycles. The second-order valence-corrected chi connectivity index (χ2v) is 8.34. The van der Waals surface area contributed by atoms with Crippen LogP contribution in [0.1, 0.15) is 31.8 Å². The van der Waals surface area contributed by atoms with E-state index in [0.717, 1.165) is 11.1 Å². The molecule has 7 heteroatoms. The van der Waals surface area contributed by atoms with E-state index in [2.05, 4.69) is 63.7 Å². The van der Waals surface area contributed by atoms with Gasteiger partial charge in [0.25, 0.3) is 11.8 Å². The van der Waals surface area contributed by atoms with Crippen LogP contribution in [0.4, 0.5) is 5.69 Å². The van der Waals surface area contributed by atoms with E-state index in [1.165, 1.54) is 4.90 Å². The first kappa shape index (κ1) is 17.3. The van der Waals surface area contributed by atoms with Crippen molar-refractivity contribution in [2.75, 3.05) is 4.90 Å². The average molecular weight is 567 g/mol. The van der Waals surface area contributed by atoms with Crippen LogP contribution >= 0.6 is 63.7 Å². The zero-order chi connectivity index (χ0) is 17.0. The van der Waals surface area contributed by atoms with Gasteiger partial charge in [0.1, 0.15) is 0 Å². The lowest BCUT2D eigenvalue weighted by molar-refractivity contribution is 0.0925. The predicted octanol–water partition coefficient (Wildman–Crippen LogP) is 6.15. The van der Waals surface area contributed by atoms with E-state index < -0.39 is 0 Å². The van der Waals surface area contributed by atoms with Crippen molar-refractivity contribution in [3.05, 3.63) is 58.3 Å². The van der Waals surface area contributed by atoms with Crippen molar-refractivity contribution in [1.29, 1.82) is 0 Å². The van der Waals surface area contributed by atoms with Crippen molar-refractivity contribution >= 4 is 81.2 Å². The summed E-state index contributed by atoms with van der Waals surface area (Å²) in [5.41, 5.74) is 3.27. The Bertz CT molecular complexity index is 845. The van der Waals surface area contributed by atoms with Crippen molar-refractivity contribution in [2.45, 2.75) is 13.8 Å². The summed E-state index contributed by atoms with van der Waals surface area (Å²) in [5, 5.41) is 0. The maximum atomic E-state index is 12.9. The Labute approximate surface area is 166 Å². The summed E-state index contributed by atoms with van der Waals surface area (Å²) in [6, 6.07) is 5.59. The number of fused-ring (bicyclic) bond motifs is 1. The Kier molecular flexibility index (Phi) is 4.59. The normalized spacial score (nSPS) is 13.7. The van der Waals surface area contributed by atoms with E-state index >= 15 is 0 Å². The summed E-state index contributed by atoms with van der Waals surface area (Å²) >= 11 is 13.7. The molecule has 0 atom stereocenters. The summed E-state index contributed by atoms with van der Waals surface area (Å²) < 4.78 is 2.50. The summed E-state index contributed by atoms with van der Waals surface area (Å²) in [7, 11) is 0. The average Bonchev–Trinajstić information content (AvgIpc) is 2.77. The molecule has 0 saturated carbocycles. The maximum absolute atomic E-state index is 12.9. The van der Waals surface area contributed by atoms with E-state index in [0.29, 0.717) is 34.7 Å². The highest BCUT2D eigenvalue weighted by Gasteiger charge is 2.42. The van der Waals surface area contributed by atoms with Crippen LogP contribution in [0, 0.1) is 13.8 Å². The van der Waals surface area contributed by atoms with Crippen molar-refractivity contribution in [3.63, 3.8) is 0 Å². The molecule has 3 rings (SSSR count). The van der Waals surface area contributed by atoms with Crippen LogP contribution in [0.3, 0.4) is 0 Å². The molecular weight excluding hydrogens is 558 g/mol. The molecule has 0 spiro atoms. The topological polar surface area (TPSA) is 37.4 Å². The molecule has 0 bridgehead atoms. The number of carbonyl (C=O) groups excluding carboxylic acids is 2. The number of amides is 2. The van der Waals surface area contributed by atoms with Crippen LogP contribution in [-0.4, -0.2) is 11.8 Å². The third kappa shape index (κ3) is 2.47. The minimum Gasteiger partial charge on any atom is -0.268 e. The van der Waals surface area contributed by atoms with Crippen LogP contribution in [0.5, 0.6) is 0 Å². The molecule has 0 N–H and O–H groups in total. The molecule has 2 aromatic rings. The molecule has 0 saturated heterocycles. The number of halogens is 4. The molecule has 0 fully saturated rings. The molecule has 2 amide bonds. The molecule has 23 heavy (non-hydrogen) atoms. The van der Waals surface area contributed by atoms with E-state index in [4.69, 9.17) is 0 Å². The Hall–Kier alpha value is -0.500. The summed E-state index contributed by atoms with van der Waals surface area (Å²) in [4.78, 5) is 27.1. The van der Waals surface area contributed by atoms with Gasteiger partial charge in [-0.25, -0.2) is 4.90 Å². The van der Waals surface area contributed by atoms with Crippen molar-refractivity contribution in [1.82, 2.24) is 0 Å². The van der Waals surface area contributed by atoms with Gasteiger partial charge in [0.2, 0.25) is 0 Å². The summed E-state index contributed by atoms with van der Waals surface area (Å²) in [6.45, 7) is 3.86. The van der Waals surface area contributed by atoms with Crippen LogP contribution < -0.4 is 4.90 Å². The molecule has 118 valence electrons. The van der Waals surface area contributed by atoms with Crippen LogP contribution in [0.2, 0.25) is 0 Å². The molecule has 2 aromatic carbocycles. The zero-order valence-electron chi connectivity index (χ0n) is 12.0. The zero-order valence-corrected chi connectivity index (χ0v) is 18.4. The largest absolute Gasteiger partial charge is 0.268 e. The standard InChI is InChI=1S/C16H9Br4NO2/c1-6-4-3-5-8(7(6)2)21-15(22)9-10(16(21)23)12(18)14(20)13(19)11(9)17/h3-5H,1-2H3. The number of rotatable bonds is 1. The van der Waals surface area contributed by atoms with Gasteiger partial charge in [-0.3, -0.25) is 9.59 Å². The van der Waals surface area contributed by atoms with Gasteiger partial charge in [0.05, 0.1) is 16.8 Å². The Balaban J connectivity index is 2.29. The third-order valence-corrected chi connectivity index (χ3v) is 8.69. The van der Waals surface area contributed by atoms with Crippen LogP contribution in [0.25, 0.3) is 0 Å². The highest BCUT2D eigenvalue weighted by molar-refractivity contribution is 9.15. The van der Waals surface area contributed by atoms with E-state index in [1.54, 1.807) is 6.07 Å². The van der Waals surface area contributed by atoms with E-state index in [9.17, 15) is 9.59 Å². The fourth-order valence-electron chi connectivity index (χ4n) is 2.55. The quantitative estimate of drug-likeness (QED) is 0.236. The third-order valence-electron chi connectivity index (χ3n) is 3.92. The van der Waals surface area contributed by atoms with Crippen molar-refractivity contribution in [2.24, 2.45) is 0 Å². The number of anilines is 1.